The molecular weight excluding hydrogens is 250 g/mol. The summed E-state index contributed by atoms with van der Waals surface area (Å²) in [5.41, 5.74) is 5.55. The van der Waals surface area contributed by atoms with Gasteiger partial charge in [-0.25, -0.2) is 0 Å². The summed E-state index contributed by atoms with van der Waals surface area (Å²) in [7, 11) is 0. The van der Waals surface area contributed by atoms with Gasteiger partial charge in [-0.3, -0.25) is 0 Å². The van der Waals surface area contributed by atoms with Crippen molar-refractivity contribution in [2.75, 3.05) is 13.2 Å². The molecule has 1 aromatic carbocycles. The molecule has 1 rings (SSSR count). The maximum atomic E-state index is 5.76. The number of rotatable bonds is 11. The zero-order valence-electron chi connectivity index (χ0n) is 12.9. The average molecular weight is 279 g/mol. The fourth-order valence-corrected chi connectivity index (χ4v) is 1.99. The zero-order chi connectivity index (χ0) is 14.6. The molecule has 0 aliphatic heterocycles. The molecule has 0 bridgehead atoms. The van der Waals surface area contributed by atoms with E-state index in [1.807, 2.05) is 31.2 Å². The highest BCUT2D eigenvalue weighted by molar-refractivity contribution is 5.33. The van der Waals surface area contributed by atoms with Crippen molar-refractivity contribution in [2.45, 2.75) is 58.5 Å². The highest BCUT2D eigenvalue weighted by Gasteiger charge is 2.02. The molecule has 0 saturated carbocycles. The lowest BCUT2D eigenvalue weighted by Crippen LogP contribution is -2.22. The highest BCUT2D eigenvalue weighted by atomic mass is 16.5. The van der Waals surface area contributed by atoms with Crippen LogP contribution in [0, 0.1) is 0 Å². The molecule has 0 heterocycles. The Morgan fingerprint density at radius 1 is 1.05 bits per heavy atom. The van der Waals surface area contributed by atoms with E-state index in [0.717, 1.165) is 24.5 Å². The van der Waals surface area contributed by atoms with Crippen LogP contribution >= 0.6 is 0 Å². The minimum atomic E-state index is 0.0313. The zero-order valence-corrected chi connectivity index (χ0v) is 12.9. The highest BCUT2D eigenvalue weighted by Crippen LogP contribution is 2.20. The van der Waals surface area contributed by atoms with E-state index in [0.29, 0.717) is 6.54 Å². The van der Waals surface area contributed by atoms with Gasteiger partial charge in [-0.2, -0.15) is 0 Å². The van der Waals surface area contributed by atoms with E-state index < -0.39 is 0 Å². The number of hydrogen-bond donors (Lipinski definition) is 1. The number of hydrogen-bond acceptors (Lipinski definition) is 3. The molecule has 3 heteroatoms. The van der Waals surface area contributed by atoms with Crippen LogP contribution in [0.3, 0.4) is 0 Å². The predicted octanol–water partition coefficient (Wildman–Crippen LogP) is 4.15. The Balaban J connectivity index is 2.21. The molecular formula is C17H29NO2. The summed E-state index contributed by atoms with van der Waals surface area (Å²) in [5.74, 6) is 1.70. The summed E-state index contributed by atoms with van der Waals surface area (Å²) in [4.78, 5) is 0. The van der Waals surface area contributed by atoms with Gasteiger partial charge in [0.1, 0.15) is 17.6 Å². The van der Waals surface area contributed by atoms with E-state index in [9.17, 15) is 0 Å². The van der Waals surface area contributed by atoms with Crippen LogP contribution in [0.15, 0.2) is 24.3 Å². The number of unbranched alkanes of at least 4 members (excludes halogenated alkanes) is 5. The molecule has 0 spiro atoms. The Morgan fingerprint density at radius 3 is 2.50 bits per heavy atom. The first-order valence-corrected chi connectivity index (χ1v) is 7.85. The lowest BCUT2D eigenvalue weighted by Gasteiger charge is -2.13. The Kier molecular flexibility index (Phi) is 8.88. The van der Waals surface area contributed by atoms with Crippen molar-refractivity contribution < 1.29 is 9.47 Å². The van der Waals surface area contributed by atoms with Gasteiger partial charge in [0.15, 0.2) is 0 Å². The molecule has 1 atom stereocenters. The molecule has 0 aromatic heterocycles. The Hall–Kier alpha value is -1.22. The van der Waals surface area contributed by atoms with Crippen LogP contribution in [-0.2, 0) is 0 Å². The molecule has 0 radical (unpaired) electrons. The summed E-state index contributed by atoms with van der Waals surface area (Å²) in [6.07, 6.45) is 7.70. The average Bonchev–Trinajstić information content (AvgIpc) is 2.46. The van der Waals surface area contributed by atoms with E-state index in [-0.39, 0.29) is 6.10 Å². The van der Waals surface area contributed by atoms with Gasteiger partial charge in [-0.1, -0.05) is 45.1 Å². The minimum absolute atomic E-state index is 0.0313. The summed E-state index contributed by atoms with van der Waals surface area (Å²) in [6, 6.07) is 7.79. The lowest BCUT2D eigenvalue weighted by molar-refractivity contribution is 0.227. The van der Waals surface area contributed by atoms with Crippen molar-refractivity contribution in [3.8, 4) is 11.5 Å². The van der Waals surface area contributed by atoms with E-state index in [1.54, 1.807) is 0 Å². The molecule has 1 aromatic rings. The summed E-state index contributed by atoms with van der Waals surface area (Å²) < 4.78 is 11.4. The van der Waals surface area contributed by atoms with Gasteiger partial charge in [0.2, 0.25) is 0 Å². The van der Waals surface area contributed by atoms with Crippen molar-refractivity contribution in [1.29, 1.82) is 0 Å². The monoisotopic (exact) mass is 279 g/mol. The van der Waals surface area contributed by atoms with Crippen molar-refractivity contribution in [3.05, 3.63) is 24.3 Å². The van der Waals surface area contributed by atoms with Crippen molar-refractivity contribution in [1.82, 2.24) is 0 Å². The van der Waals surface area contributed by atoms with Gasteiger partial charge in [0, 0.05) is 12.6 Å². The number of benzene rings is 1. The number of nitrogens with two attached hydrogens (primary N) is 1. The molecule has 114 valence electrons. The second kappa shape index (κ2) is 10.6. The Bertz CT molecular complexity index is 355. The van der Waals surface area contributed by atoms with Crippen LogP contribution in [0.25, 0.3) is 0 Å². The normalized spacial score (nSPS) is 12.2. The molecule has 0 saturated heterocycles. The maximum absolute atomic E-state index is 5.76. The lowest BCUT2D eigenvalue weighted by atomic mass is 10.1. The Morgan fingerprint density at radius 2 is 1.75 bits per heavy atom. The fraction of sp³-hybridized carbons (Fsp3) is 0.647. The van der Waals surface area contributed by atoms with Crippen LogP contribution in [-0.4, -0.2) is 19.3 Å². The fourth-order valence-electron chi connectivity index (χ4n) is 1.99. The van der Waals surface area contributed by atoms with Crippen LogP contribution in [0.5, 0.6) is 11.5 Å². The SMILES string of the molecule is CCCCCCCCOc1cccc(OC(C)CN)c1. The van der Waals surface area contributed by atoms with Gasteiger partial charge in [0.05, 0.1) is 6.61 Å². The molecule has 0 fully saturated rings. The molecule has 0 aliphatic carbocycles. The second-order valence-electron chi connectivity index (χ2n) is 5.26. The van der Waals surface area contributed by atoms with Gasteiger partial charge in [-0.05, 0) is 25.5 Å². The minimum Gasteiger partial charge on any atom is -0.493 e. The molecule has 20 heavy (non-hydrogen) atoms. The third kappa shape index (κ3) is 7.39. The van der Waals surface area contributed by atoms with Gasteiger partial charge in [0.25, 0.3) is 0 Å². The molecule has 0 aliphatic rings. The topological polar surface area (TPSA) is 44.5 Å². The first-order chi connectivity index (χ1) is 9.76. The molecule has 0 amide bonds. The van der Waals surface area contributed by atoms with Crippen molar-refractivity contribution >= 4 is 0 Å². The first kappa shape index (κ1) is 16.8. The number of ether oxygens (including phenoxy) is 2. The first-order valence-electron chi connectivity index (χ1n) is 7.85. The summed E-state index contributed by atoms with van der Waals surface area (Å²) >= 11 is 0. The van der Waals surface area contributed by atoms with E-state index in [1.165, 1.54) is 32.1 Å². The van der Waals surface area contributed by atoms with Crippen LogP contribution in [0.1, 0.15) is 52.4 Å². The van der Waals surface area contributed by atoms with Gasteiger partial charge >= 0.3 is 0 Å². The van der Waals surface area contributed by atoms with Gasteiger partial charge < -0.3 is 15.2 Å². The molecule has 2 N–H and O–H groups in total. The van der Waals surface area contributed by atoms with E-state index in [4.69, 9.17) is 15.2 Å². The standard InChI is InChI=1S/C17H29NO2/c1-3-4-5-6-7-8-12-19-16-10-9-11-17(13-16)20-15(2)14-18/h9-11,13,15H,3-8,12,14,18H2,1-2H3. The van der Waals surface area contributed by atoms with Gasteiger partial charge in [-0.15, -0.1) is 0 Å². The predicted molar refractivity (Wildman–Crippen MR) is 84.5 cm³/mol. The molecule has 1 unspecified atom stereocenters. The largest absolute Gasteiger partial charge is 0.493 e. The van der Waals surface area contributed by atoms with Crippen molar-refractivity contribution in [2.24, 2.45) is 5.73 Å². The van der Waals surface area contributed by atoms with Crippen LogP contribution in [0.4, 0.5) is 0 Å². The second-order valence-corrected chi connectivity index (χ2v) is 5.26. The van der Waals surface area contributed by atoms with Crippen LogP contribution < -0.4 is 15.2 Å². The van der Waals surface area contributed by atoms with Crippen molar-refractivity contribution in [3.63, 3.8) is 0 Å². The molecule has 3 nitrogen and oxygen atoms in total. The van der Waals surface area contributed by atoms with E-state index in [2.05, 4.69) is 6.92 Å². The summed E-state index contributed by atoms with van der Waals surface area (Å²) in [6.45, 7) is 5.50. The third-order valence-electron chi connectivity index (χ3n) is 3.24. The Labute approximate surface area is 123 Å². The third-order valence-corrected chi connectivity index (χ3v) is 3.24. The maximum Gasteiger partial charge on any atom is 0.123 e. The summed E-state index contributed by atoms with van der Waals surface area (Å²) in [5, 5.41) is 0. The van der Waals surface area contributed by atoms with E-state index >= 15 is 0 Å². The smallest absolute Gasteiger partial charge is 0.123 e. The quantitative estimate of drug-likeness (QED) is 0.619. The van der Waals surface area contributed by atoms with Crippen LogP contribution in [0.2, 0.25) is 0 Å².